The van der Waals surface area contributed by atoms with E-state index < -0.39 is 11.2 Å². The zero-order valence-electron chi connectivity index (χ0n) is 28.6. The fourth-order valence-electron chi connectivity index (χ4n) is 8.43. The van der Waals surface area contributed by atoms with Crippen LogP contribution in [0.25, 0.3) is 97.1 Å². The van der Waals surface area contributed by atoms with Gasteiger partial charge in [-0.2, -0.15) is 0 Å². The van der Waals surface area contributed by atoms with E-state index in [2.05, 4.69) is 135 Å². The Bertz CT molecular complexity index is 3270. The molecular formula is C47H27N3O2S2. The zero-order valence-corrected chi connectivity index (χ0v) is 30.2. The van der Waals surface area contributed by atoms with Crippen LogP contribution in [-0.4, -0.2) is 18.7 Å². The average molecular weight is 730 g/mol. The van der Waals surface area contributed by atoms with Gasteiger partial charge in [-0.1, -0.05) is 54.6 Å². The van der Waals surface area contributed by atoms with Crippen molar-refractivity contribution in [3.05, 3.63) is 164 Å². The van der Waals surface area contributed by atoms with Gasteiger partial charge < -0.3 is 18.1 Å². The predicted octanol–water partition coefficient (Wildman–Crippen LogP) is 12.7. The van der Waals surface area contributed by atoms with Crippen molar-refractivity contribution < 1.29 is 8.97 Å². The number of hydrogen-bond donors (Lipinski definition) is 0. The highest BCUT2D eigenvalue weighted by molar-refractivity contribution is 7.91. The van der Waals surface area contributed by atoms with Gasteiger partial charge in [-0.25, -0.2) is 0 Å². The second-order valence-electron chi connectivity index (χ2n) is 13.8. The number of pyridine rings is 1. The predicted molar refractivity (Wildman–Crippen MR) is 224 cm³/mol. The third-order valence-corrected chi connectivity index (χ3v) is 13.4. The number of rotatable bonds is 4. The monoisotopic (exact) mass is 729 g/mol. The summed E-state index contributed by atoms with van der Waals surface area (Å²) in [6, 6.07) is 52.8. The minimum absolute atomic E-state index is 0.771. The maximum absolute atomic E-state index is 14.5. The highest BCUT2D eigenvalue weighted by atomic mass is 32.2. The lowest BCUT2D eigenvalue weighted by molar-refractivity contribution is 0.595. The van der Waals surface area contributed by atoms with Crippen molar-refractivity contribution in [2.24, 2.45) is 0 Å². The average Bonchev–Trinajstić information content (AvgIpc) is 3.97. The molecule has 12 rings (SSSR count). The van der Waals surface area contributed by atoms with Crippen LogP contribution >= 0.6 is 11.3 Å². The normalized spacial score (nSPS) is 12.8. The molecule has 254 valence electrons. The maximum Gasteiger partial charge on any atom is 0.159 e. The molecular weight excluding hydrogens is 703 g/mol. The Labute approximate surface area is 315 Å². The molecule has 0 amide bonds. The fraction of sp³-hybridized carbons (Fsp3) is 0. The molecule has 7 heteroatoms. The minimum Gasteiger partial charge on any atom is -0.606 e. The number of benzene rings is 7. The van der Waals surface area contributed by atoms with E-state index in [-0.39, 0.29) is 0 Å². The first kappa shape index (κ1) is 30.1. The molecule has 5 aromatic heterocycles. The Morgan fingerprint density at radius 3 is 1.72 bits per heavy atom. The summed E-state index contributed by atoms with van der Waals surface area (Å²) in [7, 11) is 0. The molecule has 12 aromatic rings. The third-order valence-electron chi connectivity index (χ3n) is 10.8. The molecule has 0 radical (unpaired) electrons. The van der Waals surface area contributed by atoms with Crippen molar-refractivity contribution in [1.82, 2.24) is 14.1 Å². The molecule has 0 aliphatic rings. The number of para-hydroxylation sites is 3. The summed E-state index contributed by atoms with van der Waals surface area (Å²) in [5, 5.41) is 8.95. The van der Waals surface area contributed by atoms with E-state index in [1.807, 2.05) is 42.7 Å². The van der Waals surface area contributed by atoms with E-state index >= 15 is 0 Å². The van der Waals surface area contributed by atoms with Gasteiger partial charge >= 0.3 is 0 Å². The molecule has 5 nitrogen and oxygen atoms in total. The molecule has 0 saturated carbocycles. The number of hydrogen-bond acceptors (Lipinski definition) is 4. The first-order chi connectivity index (χ1) is 26.7. The Hall–Kier alpha value is -6.38. The summed E-state index contributed by atoms with van der Waals surface area (Å²) in [5.41, 5.74) is 8.25. The molecule has 0 bridgehead atoms. The van der Waals surface area contributed by atoms with E-state index in [0.29, 0.717) is 0 Å². The molecule has 0 saturated heterocycles. The maximum atomic E-state index is 14.5. The van der Waals surface area contributed by atoms with Crippen LogP contribution < -0.4 is 0 Å². The van der Waals surface area contributed by atoms with E-state index in [1.165, 1.54) is 20.2 Å². The van der Waals surface area contributed by atoms with Gasteiger partial charge in [0.1, 0.15) is 11.2 Å². The number of nitrogens with zero attached hydrogens (tertiary/aromatic N) is 3. The molecule has 54 heavy (non-hydrogen) atoms. The number of fused-ring (bicyclic) bond motifs is 12. The molecule has 0 spiro atoms. The van der Waals surface area contributed by atoms with Crippen molar-refractivity contribution in [2.75, 3.05) is 0 Å². The molecule has 0 aliphatic heterocycles. The number of aromatic nitrogens is 3. The van der Waals surface area contributed by atoms with Crippen molar-refractivity contribution in [3.8, 4) is 11.4 Å². The van der Waals surface area contributed by atoms with Gasteiger partial charge in [0.25, 0.3) is 0 Å². The molecule has 1 atom stereocenters. The van der Waals surface area contributed by atoms with Crippen molar-refractivity contribution in [3.63, 3.8) is 0 Å². The lowest BCUT2D eigenvalue weighted by atomic mass is 10.1. The molecule has 7 aromatic carbocycles. The van der Waals surface area contributed by atoms with Gasteiger partial charge in [0.05, 0.1) is 22.1 Å². The summed E-state index contributed by atoms with van der Waals surface area (Å²) in [4.78, 5) is 5.95. The second-order valence-corrected chi connectivity index (χ2v) is 16.3. The SMILES string of the molecule is [O-][S+](c1ccc2c(c1)c1ccccc1n2-c1ccc2oc3ccccc3c2c1)c1ccc2c(c1)c1ccccc1n2-c1ccc2sc3ccncc3c2c1. The van der Waals surface area contributed by atoms with Crippen molar-refractivity contribution >= 4 is 108 Å². The van der Waals surface area contributed by atoms with Crippen LogP contribution in [0.1, 0.15) is 0 Å². The topological polar surface area (TPSA) is 58.9 Å². The van der Waals surface area contributed by atoms with E-state index in [9.17, 15) is 4.55 Å². The Morgan fingerprint density at radius 1 is 0.463 bits per heavy atom. The van der Waals surface area contributed by atoms with Crippen LogP contribution in [0.15, 0.2) is 178 Å². The van der Waals surface area contributed by atoms with Gasteiger partial charge in [-0.3, -0.25) is 4.98 Å². The first-order valence-electron chi connectivity index (χ1n) is 17.8. The van der Waals surface area contributed by atoms with Gasteiger partial charge in [-0.15, -0.1) is 11.3 Å². The molecule has 1 unspecified atom stereocenters. The van der Waals surface area contributed by atoms with Crippen LogP contribution in [0, 0.1) is 0 Å². The molecule has 0 aliphatic carbocycles. The van der Waals surface area contributed by atoms with Gasteiger partial charge in [0.2, 0.25) is 0 Å². The van der Waals surface area contributed by atoms with E-state index in [0.717, 1.165) is 86.7 Å². The first-order valence-corrected chi connectivity index (χ1v) is 19.8. The molecule has 0 N–H and O–H groups in total. The quantitative estimate of drug-likeness (QED) is 0.169. The van der Waals surface area contributed by atoms with E-state index in [1.54, 1.807) is 11.3 Å². The lowest BCUT2D eigenvalue weighted by Crippen LogP contribution is -2.02. The highest BCUT2D eigenvalue weighted by Gasteiger charge is 2.22. The summed E-state index contributed by atoms with van der Waals surface area (Å²) in [6.45, 7) is 0. The smallest absolute Gasteiger partial charge is 0.159 e. The van der Waals surface area contributed by atoms with Crippen LogP contribution in [0.3, 0.4) is 0 Å². The van der Waals surface area contributed by atoms with Gasteiger partial charge in [-0.05, 0) is 84.9 Å². The lowest BCUT2D eigenvalue weighted by Gasteiger charge is -2.12. The van der Waals surface area contributed by atoms with Crippen molar-refractivity contribution in [2.45, 2.75) is 9.79 Å². The Kier molecular flexibility index (Phi) is 6.31. The summed E-state index contributed by atoms with van der Waals surface area (Å²) >= 11 is 0.383. The Morgan fingerprint density at radius 2 is 1.02 bits per heavy atom. The highest BCUT2D eigenvalue weighted by Crippen LogP contribution is 2.40. The summed E-state index contributed by atoms with van der Waals surface area (Å²) in [5.74, 6) is 0. The van der Waals surface area contributed by atoms with E-state index in [4.69, 9.17) is 4.42 Å². The third kappa shape index (κ3) is 4.28. The summed E-state index contributed by atoms with van der Waals surface area (Å²) < 4.78 is 27.8. The Balaban J connectivity index is 0.988. The zero-order chi connectivity index (χ0) is 35.5. The van der Waals surface area contributed by atoms with Crippen LogP contribution in [0.5, 0.6) is 0 Å². The number of furan rings is 1. The second kappa shape index (κ2) is 11.3. The minimum atomic E-state index is -1.41. The molecule has 5 heterocycles. The van der Waals surface area contributed by atoms with Crippen LogP contribution in [0.4, 0.5) is 0 Å². The van der Waals surface area contributed by atoms with Crippen LogP contribution in [-0.2, 0) is 11.2 Å². The van der Waals surface area contributed by atoms with Gasteiger partial charge in [0.15, 0.2) is 9.79 Å². The van der Waals surface area contributed by atoms with Gasteiger partial charge in [0, 0.05) is 99.6 Å². The largest absolute Gasteiger partial charge is 0.606 e. The molecule has 0 fully saturated rings. The number of thiophene rings is 1. The fourth-order valence-corrected chi connectivity index (χ4v) is 10.6. The van der Waals surface area contributed by atoms with Crippen LogP contribution in [0.2, 0.25) is 0 Å². The standard InChI is InChI=1S/C47H27N3O2S2/c51-54(30-15-17-42-35(25-30)32-7-1-4-10-40(32)49(42)28-13-19-45-37(23-28)34-9-3-6-12-44(34)52-45)31-16-18-43-36(26-31)33-8-2-5-11-41(33)50(43)29-14-20-46-38(24-29)39-27-48-22-21-47(39)53-46/h1-27H. The van der Waals surface area contributed by atoms with Crippen molar-refractivity contribution in [1.29, 1.82) is 0 Å². The summed E-state index contributed by atoms with van der Waals surface area (Å²) in [6.07, 6.45) is 3.82.